The van der Waals surface area contributed by atoms with E-state index >= 15 is 0 Å². The molecule has 1 N–H and O–H groups in total. The van der Waals surface area contributed by atoms with Crippen LogP contribution < -0.4 is 10.1 Å². The van der Waals surface area contributed by atoms with Gasteiger partial charge < -0.3 is 10.1 Å². The molecular formula is C15H18ClN3O2. The van der Waals surface area contributed by atoms with Crippen molar-refractivity contribution in [3.63, 3.8) is 0 Å². The molecule has 2 rings (SSSR count). The number of nitrogens with zero attached hydrogens (tertiary/aromatic N) is 2. The number of carbonyl (C=O) groups is 1. The number of aromatic nitrogens is 2. The standard InChI is InChI=1S/C15H18ClN3O2/c1-3-19-11(2)12(9-18-19)8-17-15(20)10-21-14-6-4-13(16)5-7-14/h4-7,9H,3,8,10H2,1-2H3,(H,17,20). The summed E-state index contributed by atoms with van der Waals surface area (Å²) < 4.78 is 7.27. The first kappa shape index (κ1) is 15.4. The van der Waals surface area contributed by atoms with Crippen LogP contribution in [0.2, 0.25) is 5.02 Å². The molecule has 0 aliphatic heterocycles. The fraction of sp³-hybridized carbons (Fsp3) is 0.333. The van der Waals surface area contributed by atoms with Crippen LogP contribution in [0.5, 0.6) is 5.75 Å². The average Bonchev–Trinajstić information content (AvgIpc) is 2.85. The summed E-state index contributed by atoms with van der Waals surface area (Å²) in [6, 6.07) is 6.89. The zero-order chi connectivity index (χ0) is 15.2. The predicted octanol–water partition coefficient (Wildman–Crippen LogP) is 2.56. The number of nitrogens with one attached hydrogen (secondary N) is 1. The van der Waals surface area contributed by atoms with E-state index in [1.165, 1.54) is 0 Å². The topological polar surface area (TPSA) is 56.2 Å². The zero-order valence-electron chi connectivity index (χ0n) is 12.1. The molecule has 112 valence electrons. The lowest BCUT2D eigenvalue weighted by atomic mass is 10.2. The Hall–Kier alpha value is -2.01. The lowest BCUT2D eigenvalue weighted by Gasteiger charge is -2.07. The van der Waals surface area contributed by atoms with Crippen LogP contribution in [0.25, 0.3) is 0 Å². The highest BCUT2D eigenvalue weighted by Crippen LogP contribution is 2.15. The van der Waals surface area contributed by atoms with Crippen molar-refractivity contribution in [3.8, 4) is 5.75 Å². The van der Waals surface area contributed by atoms with Gasteiger partial charge in [0, 0.05) is 29.4 Å². The monoisotopic (exact) mass is 307 g/mol. The minimum atomic E-state index is -0.173. The first-order valence-electron chi connectivity index (χ1n) is 6.76. The second-order valence-electron chi connectivity index (χ2n) is 4.59. The summed E-state index contributed by atoms with van der Waals surface area (Å²) >= 11 is 5.78. The van der Waals surface area contributed by atoms with E-state index in [9.17, 15) is 4.79 Å². The van der Waals surface area contributed by atoms with Crippen LogP contribution in [-0.4, -0.2) is 22.3 Å². The zero-order valence-corrected chi connectivity index (χ0v) is 12.9. The highest BCUT2D eigenvalue weighted by Gasteiger charge is 2.07. The van der Waals surface area contributed by atoms with Crippen molar-refractivity contribution in [1.29, 1.82) is 0 Å². The van der Waals surface area contributed by atoms with Gasteiger partial charge in [0.2, 0.25) is 0 Å². The summed E-state index contributed by atoms with van der Waals surface area (Å²) in [6.07, 6.45) is 1.78. The molecule has 0 radical (unpaired) electrons. The van der Waals surface area contributed by atoms with Crippen LogP contribution in [0, 0.1) is 6.92 Å². The van der Waals surface area contributed by atoms with Crippen molar-refractivity contribution in [2.24, 2.45) is 0 Å². The highest BCUT2D eigenvalue weighted by molar-refractivity contribution is 6.30. The lowest BCUT2D eigenvalue weighted by molar-refractivity contribution is -0.123. The van der Waals surface area contributed by atoms with E-state index < -0.39 is 0 Å². The molecule has 0 unspecified atom stereocenters. The van der Waals surface area contributed by atoms with E-state index in [2.05, 4.69) is 10.4 Å². The van der Waals surface area contributed by atoms with Crippen molar-refractivity contribution in [2.45, 2.75) is 26.9 Å². The summed E-state index contributed by atoms with van der Waals surface area (Å²) in [5, 5.41) is 7.69. The molecule has 0 saturated carbocycles. The number of ether oxygens (including phenoxy) is 1. The third-order valence-electron chi connectivity index (χ3n) is 3.16. The second-order valence-corrected chi connectivity index (χ2v) is 5.03. The SMILES string of the molecule is CCn1ncc(CNC(=O)COc2ccc(Cl)cc2)c1C. The molecule has 0 aliphatic rings. The van der Waals surface area contributed by atoms with Crippen molar-refractivity contribution < 1.29 is 9.53 Å². The van der Waals surface area contributed by atoms with Crippen LogP contribution in [-0.2, 0) is 17.9 Å². The molecule has 0 atom stereocenters. The fourth-order valence-corrected chi connectivity index (χ4v) is 2.03. The molecule has 1 heterocycles. The van der Waals surface area contributed by atoms with E-state index in [-0.39, 0.29) is 12.5 Å². The Morgan fingerprint density at radius 3 is 2.71 bits per heavy atom. The molecule has 1 aromatic carbocycles. The molecule has 21 heavy (non-hydrogen) atoms. The maximum atomic E-state index is 11.8. The van der Waals surface area contributed by atoms with Crippen LogP contribution in [0.15, 0.2) is 30.5 Å². The minimum Gasteiger partial charge on any atom is -0.484 e. The number of hydrogen-bond donors (Lipinski definition) is 1. The third-order valence-corrected chi connectivity index (χ3v) is 3.42. The first-order chi connectivity index (χ1) is 10.1. The van der Waals surface area contributed by atoms with Gasteiger partial charge in [-0.1, -0.05) is 11.6 Å². The Morgan fingerprint density at radius 1 is 1.38 bits per heavy atom. The second kappa shape index (κ2) is 7.13. The maximum absolute atomic E-state index is 11.8. The third kappa shape index (κ3) is 4.23. The molecule has 1 amide bonds. The molecule has 5 nitrogen and oxygen atoms in total. The number of carbonyl (C=O) groups excluding carboxylic acids is 1. The van der Waals surface area contributed by atoms with Gasteiger partial charge in [0.05, 0.1) is 6.20 Å². The minimum absolute atomic E-state index is 0.0252. The fourth-order valence-electron chi connectivity index (χ4n) is 1.90. The molecule has 1 aromatic heterocycles. The highest BCUT2D eigenvalue weighted by atomic mass is 35.5. The molecule has 2 aromatic rings. The number of amides is 1. The summed E-state index contributed by atoms with van der Waals surface area (Å²) in [6.45, 7) is 5.27. The smallest absolute Gasteiger partial charge is 0.258 e. The van der Waals surface area contributed by atoms with Crippen molar-refractivity contribution in [3.05, 3.63) is 46.7 Å². The maximum Gasteiger partial charge on any atom is 0.258 e. The molecule has 0 bridgehead atoms. The summed E-state index contributed by atoms with van der Waals surface area (Å²) in [7, 11) is 0. The van der Waals surface area contributed by atoms with E-state index in [4.69, 9.17) is 16.3 Å². The first-order valence-corrected chi connectivity index (χ1v) is 7.14. The van der Waals surface area contributed by atoms with Gasteiger partial charge in [0.1, 0.15) is 5.75 Å². The van der Waals surface area contributed by atoms with Crippen LogP contribution in [0.3, 0.4) is 0 Å². The predicted molar refractivity (Wildman–Crippen MR) is 81.4 cm³/mol. The Labute approximate surface area is 128 Å². The molecule has 6 heteroatoms. The van der Waals surface area contributed by atoms with Crippen LogP contribution >= 0.6 is 11.6 Å². The van der Waals surface area contributed by atoms with Gasteiger partial charge in [-0.25, -0.2) is 0 Å². The lowest BCUT2D eigenvalue weighted by Crippen LogP contribution is -2.28. The number of aryl methyl sites for hydroxylation is 1. The summed E-state index contributed by atoms with van der Waals surface area (Å²) in [5.41, 5.74) is 2.08. The van der Waals surface area contributed by atoms with Gasteiger partial charge in [-0.3, -0.25) is 9.48 Å². The van der Waals surface area contributed by atoms with Crippen molar-refractivity contribution >= 4 is 17.5 Å². The Bertz CT molecular complexity index is 608. The molecule has 0 saturated heterocycles. The van der Waals surface area contributed by atoms with Crippen LogP contribution in [0.4, 0.5) is 0 Å². The number of benzene rings is 1. The molecular weight excluding hydrogens is 290 g/mol. The summed E-state index contributed by atoms with van der Waals surface area (Å²) in [4.78, 5) is 11.8. The van der Waals surface area contributed by atoms with Crippen molar-refractivity contribution in [2.75, 3.05) is 6.61 Å². The van der Waals surface area contributed by atoms with E-state index in [0.29, 0.717) is 17.3 Å². The number of rotatable bonds is 6. The normalized spacial score (nSPS) is 10.4. The quantitative estimate of drug-likeness (QED) is 0.892. The van der Waals surface area contributed by atoms with E-state index in [1.807, 2.05) is 18.5 Å². The number of halogens is 1. The molecule has 0 spiro atoms. The van der Waals surface area contributed by atoms with Crippen molar-refractivity contribution in [1.82, 2.24) is 15.1 Å². The average molecular weight is 308 g/mol. The van der Waals surface area contributed by atoms with Gasteiger partial charge in [0.15, 0.2) is 6.61 Å². The van der Waals surface area contributed by atoms with E-state index in [0.717, 1.165) is 17.8 Å². The largest absolute Gasteiger partial charge is 0.484 e. The van der Waals surface area contributed by atoms with Gasteiger partial charge >= 0.3 is 0 Å². The van der Waals surface area contributed by atoms with Gasteiger partial charge in [-0.05, 0) is 38.1 Å². The molecule has 0 aliphatic carbocycles. The summed E-state index contributed by atoms with van der Waals surface area (Å²) in [5.74, 6) is 0.443. The molecule has 0 fully saturated rings. The Kier molecular flexibility index (Phi) is 5.22. The van der Waals surface area contributed by atoms with Crippen LogP contribution in [0.1, 0.15) is 18.2 Å². The Balaban J connectivity index is 1.79. The van der Waals surface area contributed by atoms with Gasteiger partial charge in [0.25, 0.3) is 5.91 Å². The number of hydrogen-bond acceptors (Lipinski definition) is 3. The Morgan fingerprint density at radius 2 is 2.10 bits per heavy atom. The van der Waals surface area contributed by atoms with Gasteiger partial charge in [-0.2, -0.15) is 5.10 Å². The van der Waals surface area contributed by atoms with E-state index in [1.54, 1.807) is 30.5 Å². The van der Waals surface area contributed by atoms with Gasteiger partial charge in [-0.15, -0.1) is 0 Å².